The van der Waals surface area contributed by atoms with E-state index in [1.54, 1.807) is 24.9 Å². The maximum absolute atomic E-state index is 12.3. The Morgan fingerprint density at radius 3 is 2.74 bits per heavy atom. The second kappa shape index (κ2) is 5.26. The SMILES string of the molecule is CCCCC=Cn1c(=O)c2c(ncn2C)n(C)c1=O. The monoisotopic (exact) mass is 262 g/mol. The molecular formula is C13H18N4O2. The van der Waals surface area contributed by atoms with Gasteiger partial charge in [-0.05, 0) is 6.42 Å². The summed E-state index contributed by atoms with van der Waals surface area (Å²) in [6.07, 6.45) is 7.94. The van der Waals surface area contributed by atoms with Crippen LogP contribution in [0.2, 0.25) is 0 Å². The summed E-state index contributed by atoms with van der Waals surface area (Å²) in [5, 5.41) is 0. The van der Waals surface area contributed by atoms with Crippen LogP contribution >= 0.6 is 0 Å². The molecule has 0 atom stereocenters. The van der Waals surface area contributed by atoms with Crippen LogP contribution < -0.4 is 11.2 Å². The van der Waals surface area contributed by atoms with Crippen LogP contribution in [0.1, 0.15) is 26.2 Å². The first-order chi connectivity index (χ1) is 9.07. The smallest absolute Gasteiger partial charge is 0.328 e. The van der Waals surface area contributed by atoms with Gasteiger partial charge in [0, 0.05) is 20.3 Å². The van der Waals surface area contributed by atoms with E-state index in [9.17, 15) is 9.59 Å². The van der Waals surface area contributed by atoms with Crippen LogP contribution in [-0.4, -0.2) is 18.7 Å². The minimum Gasteiger partial charge on any atom is -0.328 e. The fraction of sp³-hybridized carbons (Fsp3) is 0.462. The summed E-state index contributed by atoms with van der Waals surface area (Å²) < 4.78 is 4.16. The van der Waals surface area contributed by atoms with Crippen molar-refractivity contribution in [2.75, 3.05) is 0 Å². The van der Waals surface area contributed by atoms with Crippen LogP contribution in [0.25, 0.3) is 17.4 Å². The van der Waals surface area contributed by atoms with E-state index in [-0.39, 0.29) is 11.2 Å². The fourth-order valence-electron chi connectivity index (χ4n) is 2.00. The molecule has 0 aromatic carbocycles. The number of hydrogen-bond acceptors (Lipinski definition) is 3. The van der Waals surface area contributed by atoms with Gasteiger partial charge in [-0.1, -0.05) is 25.8 Å². The molecule has 0 aliphatic carbocycles. The summed E-state index contributed by atoms with van der Waals surface area (Å²) in [4.78, 5) is 28.5. The topological polar surface area (TPSA) is 61.8 Å². The number of aryl methyl sites for hydroxylation is 2. The Balaban J connectivity index is 2.61. The molecule has 2 aromatic rings. The third-order valence-electron chi connectivity index (χ3n) is 3.13. The molecule has 6 heteroatoms. The van der Waals surface area contributed by atoms with E-state index in [4.69, 9.17) is 0 Å². The largest absolute Gasteiger partial charge is 0.336 e. The summed E-state index contributed by atoms with van der Waals surface area (Å²) >= 11 is 0. The Morgan fingerprint density at radius 2 is 2.05 bits per heavy atom. The van der Waals surface area contributed by atoms with Crippen LogP contribution in [-0.2, 0) is 14.1 Å². The zero-order valence-corrected chi connectivity index (χ0v) is 11.5. The molecule has 0 aliphatic rings. The Hall–Kier alpha value is -2.11. The maximum Gasteiger partial charge on any atom is 0.336 e. The third kappa shape index (κ3) is 2.25. The zero-order chi connectivity index (χ0) is 14.0. The van der Waals surface area contributed by atoms with E-state index in [1.165, 1.54) is 10.9 Å². The Kier molecular flexibility index (Phi) is 3.69. The van der Waals surface area contributed by atoms with Gasteiger partial charge in [0.2, 0.25) is 0 Å². The molecule has 0 unspecified atom stereocenters. The third-order valence-corrected chi connectivity index (χ3v) is 3.13. The van der Waals surface area contributed by atoms with Gasteiger partial charge >= 0.3 is 5.69 Å². The van der Waals surface area contributed by atoms with E-state index >= 15 is 0 Å². The Bertz CT molecular complexity index is 733. The predicted octanol–water partition coefficient (Wildman–Crippen LogP) is 1.09. The first-order valence-electron chi connectivity index (χ1n) is 6.37. The molecule has 102 valence electrons. The van der Waals surface area contributed by atoms with Gasteiger partial charge in [-0.3, -0.25) is 9.36 Å². The lowest BCUT2D eigenvalue weighted by atomic mass is 10.2. The van der Waals surface area contributed by atoms with Gasteiger partial charge in [-0.25, -0.2) is 14.3 Å². The number of unbranched alkanes of at least 4 members (excludes halogenated alkanes) is 2. The minimum absolute atomic E-state index is 0.328. The second-order valence-electron chi connectivity index (χ2n) is 4.57. The van der Waals surface area contributed by atoms with Crippen molar-refractivity contribution in [3.8, 4) is 0 Å². The number of rotatable bonds is 4. The van der Waals surface area contributed by atoms with Gasteiger partial charge in [0.1, 0.15) is 0 Å². The van der Waals surface area contributed by atoms with E-state index in [2.05, 4.69) is 11.9 Å². The minimum atomic E-state index is -0.371. The van der Waals surface area contributed by atoms with Crippen LogP contribution in [0.4, 0.5) is 0 Å². The summed E-state index contributed by atoms with van der Waals surface area (Å²) in [5.74, 6) is 0. The first-order valence-corrected chi connectivity index (χ1v) is 6.37. The van der Waals surface area contributed by atoms with Gasteiger partial charge in [0.25, 0.3) is 5.56 Å². The number of hydrogen-bond donors (Lipinski definition) is 0. The molecule has 0 aliphatic heterocycles. The van der Waals surface area contributed by atoms with Gasteiger partial charge in [-0.2, -0.15) is 0 Å². The highest BCUT2D eigenvalue weighted by molar-refractivity contribution is 5.70. The molecule has 0 saturated carbocycles. The van der Waals surface area contributed by atoms with Crippen LogP contribution in [0.3, 0.4) is 0 Å². The van der Waals surface area contributed by atoms with Crippen LogP contribution in [0, 0.1) is 0 Å². The Labute approximate surface area is 110 Å². The molecule has 0 fully saturated rings. The van der Waals surface area contributed by atoms with Gasteiger partial charge in [0.15, 0.2) is 11.2 Å². The lowest BCUT2D eigenvalue weighted by Crippen LogP contribution is -2.36. The van der Waals surface area contributed by atoms with E-state index in [1.807, 2.05) is 6.08 Å². The highest BCUT2D eigenvalue weighted by Crippen LogP contribution is 2.03. The van der Waals surface area contributed by atoms with E-state index in [0.717, 1.165) is 23.8 Å². The Morgan fingerprint density at radius 1 is 1.32 bits per heavy atom. The lowest BCUT2D eigenvalue weighted by molar-refractivity contribution is 0.776. The molecule has 0 spiro atoms. The number of allylic oxidation sites excluding steroid dienone is 1. The van der Waals surface area contributed by atoms with Crippen molar-refractivity contribution in [2.24, 2.45) is 14.1 Å². The average molecular weight is 262 g/mol. The number of nitrogens with zero attached hydrogens (tertiary/aromatic N) is 4. The van der Waals surface area contributed by atoms with Crippen LogP contribution in [0.5, 0.6) is 0 Å². The van der Waals surface area contributed by atoms with Crippen molar-refractivity contribution in [3.05, 3.63) is 33.2 Å². The molecule has 0 bridgehead atoms. The quantitative estimate of drug-likeness (QED) is 0.775. The zero-order valence-electron chi connectivity index (χ0n) is 11.5. The first kappa shape index (κ1) is 13.3. The highest BCUT2D eigenvalue weighted by atomic mass is 16.2. The highest BCUT2D eigenvalue weighted by Gasteiger charge is 2.12. The van der Waals surface area contributed by atoms with Crippen molar-refractivity contribution >= 4 is 17.4 Å². The second-order valence-corrected chi connectivity index (χ2v) is 4.57. The van der Waals surface area contributed by atoms with Crippen molar-refractivity contribution in [1.29, 1.82) is 0 Å². The maximum atomic E-state index is 12.3. The lowest BCUT2D eigenvalue weighted by Gasteiger charge is -2.04. The molecule has 2 heterocycles. The summed E-state index contributed by atoms with van der Waals surface area (Å²) in [6, 6.07) is 0. The fourth-order valence-corrected chi connectivity index (χ4v) is 2.00. The standard InChI is InChI=1S/C13H18N4O2/c1-4-5-6-7-8-17-12(18)10-11(14-9-15(10)2)16(3)13(17)19/h7-9H,4-6H2,1-3H3. The van der Waals surface area contributed by atoms with E-state index in [0.29, 0.717) is 11.2 Å². The van der Waals surface area contributed by atoms with Gasteiger partial charge < -0.3 is 4.57 Å². The number of fused-ring (bicyclic) bond motifs is 1. The van der Waals surface area contributed by atoms with Crippen molar-refractivity contribution in [2.45, 2.75) is 26.2 Å². The molecule has 2 rings (SSSR count). The summed E-state index contributed by atoms with van der Waals surface area (Å²) in [5.41, 5.74) is 0.146. The molecule has 6 nitrogen and oxygen atoms in total. The summed E-state index contributed by atoms with van der Waals surface area (Å²) in [7, 11) is 3.36. The van der Waals surface area contributed by atoms with Crippen molar-refractivity contribution in [1.82, 2.24) is 18.7 Å². The average Bonchev–Trinajstić information content (AvgIpc) is 2.77. The van der Waals surface area contributed by atoms with Gasteiger partial charge in [-0.15, -0.1) is 0 Å². The summed E-state index contributed by atoms with van der Waals surface area (Å²) in [6.45, 7) is 2.10. The predicted molar refractivity (Wildman–Crippen MR) is 75.1 cm³/mol. The number of imidazole rings is 1. The normalized spacial score (nSPS) is 11.7. The van der Waals surface area contributed by atoms with E-state index < -0.39 is 0 Å². The van der Waals surface area contributed by atoms with Gasteiger partial charge in [0.05, 0.1) is 6.33 Å². The van der Waals surface area contributed by atoms with Crippen molar-refractivity contribution in [3.63, 3.8) is 0 Å². The molecule has 19 heavy (non-hydrogen) atoms. The number of aromatic nitrogens is 4. The van der Waals surface area contributed by atoms with Crippen LogP contribution in [0.15, 0.2) is 22.0 Å². The molecule has 0 radical (unpaired) electrons. The van der Waals surface area contributed by atoms with Crippen molar-refractivity contribution < 1.29 is 0 Å². The molecular weight excluding hydrogens is 244 g/mol. The molecule has 0 amide bonds. The molecule has 0 N–H and O–H groups in total. The molecule has 0 saturated heterocycles. The molecule has 2 aromatic heterocycles.